The topological polar surface area (TPSA) is 130 Å². The highest BCUT2D eigenvalue weighted by molar-refractivity contribution is 6.08. The molecule has 0 aliphatic carbocycles. The average molecular weight is 576 g/mol. The second-order valence-corrected chi connectivity index (χ2v) is 10.3. The summed E-state index contributed by atoms with van der Waals surface area (Å²) in [6.07, 6.45) is 2.20. The van der Waals surface area contributed by atoms with Crippen LogP contribution in [0.1, 0.15) is 28.0 Å². The lowest BCUT2D eigenvalue weighted by Gasteiger charge is -2.24. The number of pyridine rings is 1. The second kappa shape index (κ2) is 11.2. The maximum Gasteiger partial charge on any atom is 0.345 e. The molecule has 6 rings (SSSR count). The SMILES string of the molecule is Cc1ccc2c(c1)oc1ccc(C(=O)NCC(=O)N3C[C@H](OC(F)F)C[C@H]3C(=O)NCc3cc4cnccc4[nH]3)cc12. The quantitative estimate of drug-likeness (QED) is 0.256. The van der Waals surface area contributed by atoms with Gasteiger partial charge in [0.2, 0.25) is 11.8 Å². The Labute approximate surface area is 238 Å². The monoisotopic (exact) mass is 575 g/mol. The van der Waals surface area contributed by atoms with Crippen molar-refractivity contribution in [1.29, 1.82) is 0 Å². The van der Waals surface area contributed by atoms with E-state index in [0.717, 1.165) is 27.2 Å². The van der Waals surface area contributed by atoms with Gasteiger partial charge in [0.05, 0.1) is 19.2 Å². The molecule has 0 unspecified atom stereocenters. The summed E-state index contributed by atoms with van der Waals surface area (Å²) in [5.74, 6) is -1.61. The van der Waals surface area contributed by atoms with E-state index in [1.807, 2.05) is 31.2 Å². The van der Waals surface area contributed by atoms with E-state index in [1.54, 1.807) is 36.7 Å². The minimum absolute atomic E-state index is 0.101. The van der Waals surface area contributed by atoms with E-state index in [2.05, 4.69) is 25.3 Å². The van der Waals surface area contributed by atoms with Gasteiger partial charge in [0.15, 0.2) is 0 Å². The van der Waals surface area contributed by atoms with Crippen LogP contribution >= 0.6 is 0 Å². The highest BCUT2D eigenvalue weighted by Crippen LogP contribution is 2.30. The molecule has 0 radical (unpaired) electrons. The van der Waals surface area contributed by atoms with Crippen molar-refractivity contribution in [2.24, 2.45) is 0 Å². The summed E-state index contributed by atoms with van der Waals surface area (Å²) in [6.45, 7) is -1.59. The number of hydrogen-bond donors (Lipinski definition) is 3. The lowest BCUT2D eigenvalue weighted by molar-refractivity contribution is -0.160. The first-order valence-corrected chi connectivity index (χ1v) is 13.4. The number of amides is 3. The fourth-order valence-electron chi connectivity index (χ4n) is 5.38. The number of halogens is 2. The van der Waals surface area contributed by atoms with Gasteiger partial charge in [-0.25, -0.2) is 0 Å². The largest absolute Gasteiger partial charge is 0.456 e. The molecule has 3 N–H and O–H groups in total. The van der Waals surface area contributed by atoms with Crippen LogP contribution < -0.4 is 10.6 Å². The molecule has 4 heterocycles. The van der Waals surface area contributed by atoms with Gasteiger partial charge in [-0.15, -0.1) is 0 Å². The van der Waals surface area contributed by atoms with Crippen LogP contribution in [-0.2, 0) is 20.9 Å². The van der Waals surface area contributed by atoms with Crippen LogP contribution in [0.4, 0.5) is 8.78 Å². The number of ether oxygens (including phenoxy) is 1. The van der Waals surface area contributed by atoms with Crippen molar-refractivity contribution in [3.63, 3.8) is 0 Å². The average Bonchev–Trinajstić information content (AvgIpc) is 3.68. The van der Waals surface area contributed by atoms with Crippen LogP contribution in [0.2, 0.25) is 0 Å². The Morgan fingerprint density at radius 2 is 1.95 bits per heavy atom. The van der Waals surface area contributed by atoms with Crippen molar-refractivity contribution in [2.45, 2.75) is 38.6 Å². The summed E-state index contributed by atoms with van der Waals surface area (Å²) in [5, 5.41) is 7.84. The van der Waals surface area contributed by atoms with Crippen LogP contribution in [0.15, 0.2) is 65.3 Å². The van der Waals surface area contributed by atoms with Gasteiger partial charge in [-0.2, -0.15) is 8.78 Å². The first kappa shape index (κ1) is 27.3. The molecule has 2 aromatic carbocycles. The number of aromatic nitrogens is 2. The fourth-order valence-corrected chi connectivity index (χ4v) is 5.38. The Bertz CT molecular complexity index is 1780. The van der Waals surface area contributed by atoms with E-state index < -0.39 is 43.0 Å². The van der Waals surface area contributed by atoms with Crippen molar-refractivity contribution in [3.05, 3.63) is 77.7 Å². The van der Waals surface area contributed by atoms with E-state index >= 15 is 0 Å². The normalized spacial score (nSPS) is 17.0. The molecule has 0 bridgehead atoms. The molecule has 3 aromatic heterocycles. The number of furan rings is 1. The van der Waals surface area contributed by atoms with Crippen LogP contribution in [0, 0.1) is 6.92 Å². The lowest BCUT2D eigenvalue weighted by Crippen LogP contribution is -2.49. The number of carbonyl (C=O) groups excluding carboxylic acids is 3. The van der Waals surface area contributed by atoms with Gasteiger partial charge in [-0.1, -0.05) is 12.1 Å². The Balaban J connectivity index is 1.12. The number of rotatable bonds is 8. The van der Waals surface area contributed by atoms with Crippen molar-refractivity contribution >= 4 is 50.6 Å². The van der Waals surface area contributed by atoms with Crippen molar-refractivity contribution in [1.82, 2.24) is 25.5 Å². The third kappa shape index (κ3) is 5.53. The number of hydrogen-bond acceptors (Lipinski definition) is 6. The number of nitrogens with zero attached hydrogens (tertiary/aromatic N) is 2. The Kier molecular flexibility index (Phi) is 7.29. The van der Waals surface area contributed by atoms with Gasteiger partial charge in [-0.05, 0) is 48.9 Å². The highest BCUT2D eigenvalue weighted by atomic mass is 19.3. The van der Waals surface area contributed by atoms with Crippen molar-refractivity contribution < 1.29 is 32.3 Å². The van der Waals surface area contributed by atoms with E-state index in [0.29, 0.717) is 22.4 Å². The number of H-pyrrole nitrogens is 1. The van der Waals surface area contributed by atoms with E-state index in [4.69, 9.17) is 4.42 Å². The molecule has 2 atom stereocenters. The Morgan fingerprint density at radius 1 is 1.10 bits per heavy atom. The number of aryl methyl sites for hydroxylation is 1. The maximum absolute atomic E-state index is 13.2. The first-order chi connectivity index (χ1) is 20.2. The maximum atomic E-state index is 13.2. The molecule has 1 fully saturated rings. The predicted octanol–water partition coefficient (Wildman–Crippen LogP) is 4.03. The molecule has 10 nitrogen and oxygen atoms in total. The smallest absolute Gasteiger partial charge is 0.345 e. The first-order valence-electron chi connectivity index (χ1n) is 13.4. The van der Waals surface area contributed by atoms with Crippen LogP contribution in [0.25, 0.3) is 32.8 Å². The summed E-state index contributed by atoms with van der Waals surface area (Å²) >= 11 is 0. The zero-order chi connectivity index (χ0) is 29.4. The Hall–Kier alpha value is -4.84. The number of alkyl halides is 2. The summed E-state index contributed by atoms with van der Waals surface area (Å²) in [7, 11) is 0. The zero-order valence-corrected chi connectivity index (χ0v) is 22.5. The molecular weight excluding hydrogens is 548 g/mol. The molecule has 42 heavy (non-hydrogen) atoms. The summed E-state index contributed by atoms with van der Waals surface area (Å²) < 4.78 is 36.4. The van der Waals surface area contributed by atoms with Gasteiger partial charge >= 0.3 is 6.61 Å². The van der Waals surface area contributed by atoms with Crippen molar-refractivity contribution in [3.8, 4) is 0 Å². The predicted molar refractivity (Wildman–Crippen MR) is 150 cm³/mol. The molecule has 0 saturated carbocycles. The minimum atomic E-state index is -3.05. The number of aromatic amines is 1. The number of carbonyl (C=O) groups is 3. The molecule has 1 aliphatic heterocycles. The molecule has 1 aliphatic rings. The zero-order valence-electron chi connectivity index (χ0n) is 22.5. The van der Waals surface area contributed by atoms with Crippen LogP contribution in [0.5, 0.6) is 0 Å². The van der Waals surface area contributed by atoms with Crippen LogP contribution in [-0.4, -0.2) is 64.4 Å². The fraction of sp³-hybridized carbons (Fsp3) is 0.267. The lowest BCUT2D eigenvalue weighted by atomic mass is 10.1. The number of nitrogens with one attached hydrogen (secondary N) is 3. The Morgan fingerprint density at radius 3 is 2.76 bits per heavy atom. The molecular formula is C30H27F2N5O5. The van der Waals surface area contributed by atoms with Gasteiger partial charge < -0.3 is 29.7 Å². The molecule has 0 spiro atoms. The third-order valence-electron chi connectivity index (χ3n) is 7.40. The molecule has 3 amide bonds. The number of benzene rings is 2. The van der Waals surface area contributed by atoms with Gasteiger partial charge in [0.1, 0.15) is 17.2 Å². The third-order valence-corrected chi connectivity index (χ3v) is 7.40. The van der Waals surface area contributed by atoms with Gasteiger partial charge in [0, 0.05) is 58.3 Å². The second-order valence-electron chi connectivity index (χ2n) is 10.3. The summed E-state index contributed by atoms with van der Waals surface area (Å²) in [5.41, 5.74) is 4.27. The summed E-state index contributed by atoms with van der Waals surface area (Å²) in [6, 6.07) is 13.4. The number of fused-ring (bicyclic) bond motifs is 4. The van der Waals surface area contributed by atoms with Crippen LogP contribution in [0.3, 0.4) is 0 Å². The molecule has 216 valence electrons. The van der Waals surface area contributed by atoms with E-state index in [1.165, 1.54) is 4.90 Å². The van der Waals surface area contributed by atoms with E-state index in [-0.39, 0.29) is 19.5 Å². The van der Waals surface area contributed by atoms with E-state index in [9.17, 15) is 23.2 Å². The number of likely N-dealkylation sites (tertiary alicyclic amines) is 1. The standard InChI is InChI=1S/C30H27F2N5O5/c1-16-2-4-21-22-10-17(3-5-25(22)42-26(21)8-16)28(39)35-14-27(38)37-15-20(41-30(31)32)11-24(37)29(40)34-13-19-9-18-12-33-7-6-23(18)36-19/h2-10,12,20,24,30,36H,11,13-15H2,1H3,(H,34,40)(H,35,39)/t20-,24+/m1/s1. The highest BCUT2D eigenvalue weighted by Gasteiger charge is 2.41. The molecule has 12 heteroatoms. The van der Waals surface area contributed by atoms with Gasteiger partial charge in [-0.3, -0.25) is 19.4 Å². The minimum Gasteiger partial charge on any atom is -0.456 e. The summed E-state index contributed by atoms with van der Waals surface area (Å²) in [4.78, 5) is 47.6. The van der Waals surface area contributed by atoms with Gasteiger partial charge in [0.25, 0.3) is 5.91 Å². The molecule has 1 saturated heterocycles. The van der Waals surface area contributed by atoms with Crippen molar-refractivity contribution in [2.75, 3.05) is 13.1 Å². The molecule has 5 aromatic rings.